The van der Waals surface area contributed by atoms with Crippen molar-refractivity contribution < 1.29 is 13.5 Å². The van der Waals surface area contributed by atoms with Crippen LogP contribution in [0.2, 0.25) is 0 Å². The first kappa shape index (κ1) is 23.5. The van der Waals surface area contributed by atoms with Crippen molar-refractivity contribution in [3.05, 3.63) is 53.1 Å². The molecule has 0 heterocycles. The SMILES string of the molecule is CCCc1ccc(OCC2=CCC(C3CCC4CC(CCC)CCC4C3)C=C2)c(F)c1F. The van der Waals surface area contributed by atoms with Crippen molar-refractivity contribution in [3.63, 3.8) is 0 Å². The Kier molecular flexibility index (Phi) is 8.07. The van der Waals surface area contributed by atoms with Gasteiger partial charge in [-0.2, -0.15) is 4.39 Å². The van der Waals surface area contributed by atoms with Crippen molar-refractivity contribution >= 4 is 0 Å². The van der Waals surface area contributed by atoms with E-state index in [1.165, 1.54) is 51.4 Å². The molecule has 3 aliphatic rings. The van der Waals surface area contributed by atoms with Crippen molar-refractivity contribution in [1.29, 1.82) is 0 Å². The maximum atomic E-state index is 14.3. The first-order chi connectivity index (χ1) is 15.6. The van der Waals surface area contributed by atoms with Crippen LogP contribution in [0.15, 0.2) is 35.9 Å². The molecule has 3 aliphatic carbocycles. The molecule has 2 fully saturated rings. The van der Waals surface area contributed by atoms with E-state index in [-0.39, 0.29) is 5.75 Å². The zero-order valence-corrected chi connectivity index (χ0v) is 19.9. The Morgan fingerprint density at radius 3 is 2.44 bits per heavy atom. The molecule has 4 rings (SSSR count). The van der Waals surface area contributed by atoms with Gasteiger partial charge in [0.2, 0.25) is 5.82 Å². The number of fused-ring (bicyclic) bond motifs is 1. The fraction of sp³-hybridized carbons (Fsp3) is 0.655. The highest BCUT2D eigenvalue weighted by Crippen LogP contribution is 2.48. The van der Waals surface area contributed by atoms with Gasteiger partial charge in [-0.05, 0) is 91.7 Å². The third kappa shape index (κ3) is 5.46. The number of allylic oxidation sites excluding steroid dienone is 2. The summed E-state index contributed by atoms with van der Waals surface area (Å²) >= 11 is 0. The molecular weight excluding hydrogens is 402 g/mol. The highest BCUT2D eigenvalue weighted by molar-refractivity contribution is 5.32. The van der Waals surface area contributed by atoms with E-state index >= 15 is 0 Å². The Labute approximate surface area is 193 Å². The smallest absolute Gasteiger partial charge is 0.200 e. The molecule has 0 spiro atoms. The van der Waals surface area contributed by atoms with E-state index in [0.29, 0.717) is 24.5 Å². The molecule has 5 unspecified atom stereocenters. The lowest BCUT2D eigenvalue weighted by Gasteiger charge is -2.44. The predicted octanol–water partition coefficient (Wildman–Crippen LogP) is 8.43. The molecule has 1 aromatic carbocycles. The summed E-state index contributed by atoms with van der Waals surface area (Å²) in [5, 5.41) is 0. The molecule has 0 bridgehead atoms. The molecule has 0 aromatic heterocycles. The molecule has 0 saturated heterocycles. The van der Waals surface area contributed by atoms with Gasteiger partial charge in [-0.25, -0.2) is 4.39 Å². The van der Waals surface area contributed by atoms with Crippen LogP contribution in [0.25, 0.3) is 0 Å². The molecule has 1 aromatic rings. The molecule has 2 saturated carbocycles. The lowest BCUT2D eigenvalue weighted by Crippen LogP contribution is -2.33. The van der Waals surface area contributed by atoms with E-state index in [0.717, 1.165) is 42.1 Å². The van der Waals surface area contributed by atoms with E-state index in [1.54, 1.807) is 12.1 Å². The molecule has 176 valence electrons. The van der Waals surface area contributed by atoms with Crippen LogP contribution >= 0.6 is 0 Å². The van der Waals surface area contributed by atoms with Gasteiger partial charge in [0, 0.05) is 0 Å². The van der Waals surface area contributed by atoms with Crippen molar-refractivity contribution in [3.8, 4) is 5.75 Å². The van der Waals surface area contributed by atoms with Gasteiger partial charge in [0.05, 0.1) is 0 Å². The molecule has 0 aliphatic heterocycles. The van der Waals surface area contributed by atoms with Gasteiger partial charge in [-0.15, -0.1) is 0 Å². The summed E-state index contributed by atoms with van der Waals surface area (Å²) in [5.41, 5.74) is 1.48. The van der Waals surface area contributed by atoms with Crippen molar-refractivity contribution in [1.82, 2.24) is 0 Å². The average molecular weight is 443 g/mol. The van der Waals surface area contributed by atoms with E-state index in [4.69, 9.17) is 4.74 Å². The quantitative estimate of drug-likeness (QED) is 0.392. The number of halogens is 2. The van der Waals surface area contributed by atoms with Gasteiger partial charge >= 0.3 is 0 Å². The minimum Gasteiger partial charge on any atom is -0.486 e. The summed E-state index contributed by atoms with van der Waals surface area (Å²) in [5.74, 6) is 2.70. The monoisotopic (exact) mass is 442 g/mol. The minimum absolute atomic E-state index is 0.00998. The van der Waals surface area contributed by atoms with Crippen molar-refractivity contribution in [2.45, 2.75) is 84.5 Å². The summed E-state index contributed by atoms with van der Waals surface area (Å²) in [6.45, 7) is 4.57. The summed E-state index contributed by atoms with van der Waals surface area (Å²) in [6, 6.07) is 3.21. The van der Waals surface area contributed by atoms with E-state index < -0.39 is 11.6 Å². The average Bonchev–Trinajstić information content (AvgIpc) is 2.82. The Morgan fingerprint density at radius 1 is 0.906 bits per heavy atom. The summed E-state index contributed by atoms with van der Waals surface area (Å²) in [7, 11) is 0. The van der Waals surface area contributed by atoms with E-state index in [2.05, 4.69) is 25.2 Å². The molecule has 3 heteroatoms. The second-order valence-corrected chi connectivity index (χ2v) is 10.5. The third-order valence-electron chi connectivity index (χ3n) is 8.31. The second kappa shape index (κ2) is 11.0. The number of hydrogen-bond acceptors (Lipinski definition) is 1. The van der Waals surface area contributed by atoms with Crippen LogP contribution < -0.4 is 4.74 Å². The Morgan fingerprint density at radius 2 is 1.69 bits per heavy atom. The number of hydrogen-bond donors (Lipinski definition) is 0. The zero-order valence-electron chi connectivity index (χ0n) is 19.9. The Bertz CT molecular complexity index is 827. The van der Waals surface area contributed by atoms with Gasteiger partial charge in [0.15, 0.2) is 11.6 Å². The number of aryl methyl sites for hydroxylation is 1. The van der Waals surface area contributed by atoms with Crippen molar-refractivity contribution in [2.75, 3.05) is 6.61 Å². The van der Waals surface area contributed by atoms with E-state index in [9.17, 15) is 8.78 Å². The molecule has 32 heavy (non-hydrogen) atoms. The van der Waals surface area contributed by atoms with Gasteiger partial charge in [-0.1, -0.05) is 63.8 Å². The van der Waals surface area contributed by atoms with Gasteiger partial charge in [-0.3, -0.25) is 0 Å². The number of rotatable bonds is 8. The Balaban J connectivity index is 1.26. The maximum absolute atomic E-state index is 14.3. The van der Waals surface area contributed by atoms with Crippen LogP contribution in [-0.4, -0.2) is 6.61 Å². The third-order valence-corrected chi connectivity index (χ3v) is 8.31. The fourth-order valence-corrected chi connectivity index (χ4v) is 6.53. The van der Waals surface area contributed by atoms with Gasteiger partial charge in [0.25, 0.3) is 0 Å². The first-order valence-electron chi connectivity index (χ1n) is 13.1. The topological polar surface area (TPSA) is 9.23 Å². The normalized spacial score (nSPS) is 30.0. The van der Waals surface area contributed by atoms with Crippen LogP contribution in [-0.2, 0) is 6.42 Å². The van der Waals surface area contributed by atoms with Crippen LogP contribution in [0.4, 0.5) is 8.78 Å². The fourth-order valence-electron chi connectivity index (χ4n) is 6.53. The first-order valence-corrected chi connectivity index (χ1v) is 13.1. The number of ether oxygens (including phenoxy) is 1. The lowest BCUT2D eigenvalue weighted by molar-refractivity contribution is 0.0810. The largest absolute Gasteiger partial charge is 0.486 e. The minimum atomic E-state index is -0.861. The van der Waals surface area contributed by atoms with Crippen LogP contribution in [0, 0.1) is 41.2 Å². The van der Waals surface area contributed by atoms with Crippen LogP contribution in [0.1, 0.15) is 83.6 Å². The highest BCUT2D eigenvalue weighted by Gasteiger charge is 2.37. The van der Waals surface area contributed by atoms with Crippen LogP contribution in [0.3, 0.4) is 0 Å². The van der Waals surface area contributed by atoms with E-state index in [1.807, 2.05) is 6.92 Å². The van der Waals surface area contributed by atoms with Gasteiger partial charge < -0.3 is 4.74 Å². The maximum Gasteiger partial charge on any atom is 0.200 e. The van der Waals surface area contributed by atoms with Gasteiger partial charge in [0.1, 0.15) is 6.61 Å². The zero-order chi connectivity index (χ0) is 22.5. The Hall–Kier alpha value is -1.64. The summed E-state index contributed by atoms with van der Waals surface area (Å²) in [4.78, 5) is 0. The highest BCUT2D eigenvalue weighted by atomic mass is 19.2. The molecule has 0 radical (unpaired) electrons. The summed E-state index contributed by atoms with van der Waals surface area (Å²) in [6.07, 6.45) is 20.4. The molecular formula is C29H40F2O. The molecule has 0 amide bonds. The number of benzene rings is 1. The second-order valence-electron chi connectivity index (χ2n) is 10.5. The molecule has 1 nitrogen and oxygen atoms in total. The van der Waals surface area contributed by atoms with Crippen LogP contribution in [0.5, 0.6) is 5.75 Å². The molecule has 0 N–H and O–H groups in total. The summed E-state index contributed by atoms with van der Waals surface area (Å²) < 4.78 is 34.1. The predicted molar refractivity (Wildman–Crippen MR) is 128 cm³/mol. The van der Waals surface area contributed by atoms with Crippen molar-refractivity contribution in [2.24, 2.45) is 29.6 Å². The standard InChI is InChI=1S/C29H40F2O/c1-3-5-20-7-12-26-18-25(14-13-24(26)17-20)22-10-8-21(9-11-22)19-32-27-16-15-23(6-4-2)28(30)29(27)31/h8-10,15-16,20,22,24-26H,3-7,11-14,17-19H2,1-2H3. The molecule has 5 atom stereocenters. The lowest BCUT2D eigenvalue weighted by atomic mass is 9.62.